The smallest absolute Gasteiger partial charge is 0.314 e. The molecular weight excluding hydrogens is 238 g/mol. The lowest BCUT2D eigenvalue weighted by Gasteiger charge is -2.15. The molecule has 1 fully saturated rings. The Kier molecular flexibility index (Phi) is 3.24. The molecule has 1 unspecified atom stereocenters. The molecule has 18 heavy (non-hydrogen) atoms. The average Bonchev–Trinajstić information content (AvgIpc) is 2.69. The van der Waals surface area contributed by atoms with Gasteiger partial charge in [-0.1, -0.05) is 0 Å². The molecule has 1 aliphatic heterocycles. The quantitative estimate of drug-likeness (QED) is 0.628. The number of aliphatic hydroxyl groups is 1. The molecule has 0 radical (unpaired) electrons. The number of nitro groups is 1. The standard InChI is InChI=1S/C11H13N3O4/c1-7-2-3-12-11(10(7)14(17)18)13-5-8(6-15)4-9(13)16/h2-3,8,15H,4-6H2,1H3. The number of aryl methyl sites for hydroxylation is 1. The van der Waals surface area contributed by atoms with Crippen LogP contribution < -0.4 is 4.90 Å². The van der Waals surface area contributed by atoms with Gasteiger partial charge in [0.1, 0.15) is 0 Å². The highest BCUT2D eigenvalue weighted by Gasteiger charge is 2.35. The Morgan fingerprint density at radius 1 is 1.67 bits per heavy atom. The molecule has 1 N–H and O–H groups in total. The monoisotopic (exact) mass is 251 g/mol. The molecule has 2 heterocycles. The molecule has 0 aromatic carbocycles. The molecule has 1 amide bonds. The van der Waals surface area contributed by atoms with Gasteiger partial charge < -0.3 is 5.11 Å². The number of aromatic nitrogens is 1. The zero-order valence-corrected chi connectivity index (χ0v) is 9.87. The van der Waals surface area contributed by atoms with Crippen molar-refractivity contribution in [3.8, 4) is 0 Å². The number of carbonyl (C=O) groups excluding carboxylic acids is 1. The van der Waals surface area contributed by atoms with Gasteiger partial charge in [-0.2, -0.15) is 0 Å². The minimum absolute atomic E-state index is 0.0703. The van der Waals surface area contributed by atoms with E-state index < -0.39 is 4.92 Å². The van der Waals surface area contributed by atoms with Crippen LogP contribution in [0.25, 0.3) is 0 Å². The van der Waals surface area contributed by atoms with Gasteiger partial charge in [-0.25, -0.2) is 4.98 Å². The molecule has 1 aromatic rings. The number of rotatable bonds is 3. The zero-order chi connectivity index (χ0) is 13.3. The molecule has 96 valence electrons. The number of aliphatic hydroxyl groups excluding tert-OH is 1. The summed E-state index contributed by atoms with van der Waals surface area (Å²) in [4.78, 5) is 27.5. The highest BCUT2D eigenvalue weighted by Crippen LogP contribution is 2.32. The van der Waals surface area contributed by atoms with Crippen molar-refractivity contribution in [2.24, 2.45) is 5.92 Å². The molecule has 1 saturated heterocycles. The maximum atomic E-state index is 11.8. The summed E-state index contributed by atoms with van der Waals surface area (Å²) in [5, 5.41) is 20.1. The number of pyridine rings is 1. The van der Waals surface area contributed by atoms with E-state index in [2.05, 4.69) is 4.98 Å². The second-order valence-corrected chi connectivity index (χ2v) is 4.31. The van der Waals surface area contributed by atoms with Crippen molar-refractivity contribution in [3.05, 3.63) is 27.9 Å². The Morgan fingerprint density at radius 2 is 2.39 bits per heavy atom. The first-order valence-electron chi connectivity index (χ1n) is 5.55. The van der Waals surface area contributed by atoms with Crippen LogP contribution in [0.1, 0.15) is 12.0 Å². The third-order valence-electron chi connectivity index (χ3n) is 3.01. The predicted octanol–water partition coefficient (Wildman–Crippen LogP) is 0.643. The summed E-state index contributed by atoms with van der Waals surface area (Å²) >= 11 is 0. The number of hydrogen-bond acceptors (Lipinski definition) is 5. The molecule has 1 aliphatic rings. The van der Waals surface area contributed by atoms with E-state index in [4.69, 9.17) is 5.11 Å². The van der Waals surface area contributed by atoms with E-state index in [-0.39, 0.29) is 42.9 Å². The van der Waals surface area contributed by atoms with Crippen molar-refractivity contribution in [1.29, 1.82) is 0 Å². The summed E-state index contributed by atoms with van der Waals surface area (Å²) in [6.45, 7) is 1.77. The van der Waals surface area contributed by atoms with Gasteiger partial charge in [0.15, 0.2) is 0 Å². The van der Waals surface area contributed by atoms with E-state index in [1.165, 1.54) is 17.2 Å². The van der Waals surface area contributed by atoms with Gasteiger partial charge in [0.05, 0.1) is 4.92 Å². The van der Waals surface area contributed by atoms with Crippen LogP contribution in [0.5, 0.6) is 0 Å². The van der Waals surface area contributed by atoms with Gasteiger partial charge in [0.25, 0.3) is 0 Å². The van der Waals surface area contributed by atoms with Crippen molar-refractivity contribution < 1.29 is 14.8 Å². The van der Waals surface area contributed by atoms with E-state index in [1.807, 2.05) is 0 Å². The largest absolute Gasteiger partial charge is 0.396 e. The number of carbonyl (C=O) groups is 1. The summed E-state index contributed by atoms with van der Waals surface area (Å²) in [5.74, 6) is -0.351. The van der Waals surface area contributed by atoms with Crippen LogP contribution in [0.3, 0.4) is 0 Å². The van der Waals surface area contributed by atoms with Gasteiger partial charge in [0, 0.05) is 37.3 Å². The lowest BCUT2D eigenvalue weighted by molar-refractivity contribution is -0.384. The van der Waals surface area contributed by atoms with Crippen LogP contribution in [-0.2, 0) is 4.79 Å². The molecule has 7 nitrogen and oxygen atoms in total. The van der Waals surface area contributed by atoms with E-state index in [1.54, 1.807) is 6.92 Å². The zero-order valence-electron chi connectivity index (χ0n) is 9.87. The molecule has 1 atom stereocenters. The van der Waals surface area contributed by atoms with Gasteiger partial charge in [0.2, 0.25) is 11.7 Å². The minimum atomic E-state index is -0.531. The molecule has 0 bridgehead atoms. The summed E-state index contributed by atoms with van der Waals surface area (Å²) < 4.78 is 0. The molecule has 0 spiro atoms. The SMILES string of the molecule is Cc1ccnc(N2CC(CO)CC2=O)c1[N+](=O)[O-]. The lowest BCUT2D eigenvalue weighted by atomic mass is 10.1. The van der Waals surface area contributed by atoms with Crippen LogP contribution in [0.2, 0.25) is 0 Å². The maximum Gasteiger partial charge on any atom is 0.314 e. The second kappa shape index (κ2) is 4.69. The van der Waals surface area contributed by atoms with Crippen molar-refractivity contribution >= 4 is 17.4 Å². The summed E-state index contributed by atoms with van der Waals surface area (Å²) in [6.07, 6.45) is 1.64. The van der Waals surface area contributed by atoms with Crippen LogP contribution >= 0.6 is 0 Å². The molecular formula is C11H13N3O4. The Morgan fingerprint density at radius 3 is 2.94 bits per heavy atom. The first-order chi connectivity index (χ1) is 8.54. The predicted molar refractivity (Wildman–Crippen MR) is 63.2 cm³/mol. The summed E-state index contributed by atoms with van der Waals surface area (Å²) in [5.41, 5.74) is 0.315. The molecule has 2 rings (SSSR count). The topological polar surface area (TPSA) is 96.6 Å². The van der Waals surface area contributed by atoms with Crippen molar-refractivity contribution in [2.45, 2.75) is 13.3 Å². The first-order valence-corrected chi connectivity index (χ1v) is 5.55. The summed E-state index contributed by atoms with van der Waals surface area (Å²) in [7, 11) is 0. The minimum Gasteiger partial charge on any atom is -0.396 e. The fourth-order valence-corrected chi connectivity index (χ4v) is 2.07. The van der Waals surface area contributed by atoms with Crippen LogP contribution in [0, 0.1) is 23.0 Å². The maximum absolute atomic E-state index is 11.8. The van der Waals surface area contributed by atoms with Crippen molar-refractivity contribution in [3.63, 3.8) is 0 Å². The van der Waals surface area contributed by atoms with Crippen molar-refractivity contribution in [1.82, 2.24) is 4.98 Å². The lowest BCUT2D eigenvalue weighted by Crippen LogP contribution is -2.27. The Labute approximate surface area is 103 Å². The van der Waals surface area contributed by atoms with Gasteiger partial charge >= 0.3 is 5.69 Å². The Hall–Kier alpha value is -2.02. The van der Waals surface area contributed by atoms with E-state index in [0.717, 1.165) is 0 Å². The fourth-order valence-electron chi connectivity index (χ4n) is 2.07. The van der Waals surface area contributed by atoms with Gasteiger partial charge in [-0.3, -0.25) is 19.8 Å². The third-order valence-corrected chi connectivity index (χ3v) is 3.01. The number of anilines is 1. The van der Waals surface area contributed by atoms with Gasteiger partial charge in [-0.15, -0.1) is 0 Å². The first kappa shape index (κ1) is 12.4. The molecule has 0 aliphatic carbocycles. The second-order valence-electron chi connectivity index (χ2n) is 4.31. The fraction of sp³-hybridized carbons (Fsp3) is 0.455. The van der Waals surface area contributed by atoms with Crippen LogP contribution in [0.4, 0.5) is 11.5 Å². The number of hydrogen-bond donors (Lipinski definition) is 1. The van der Waals surface area contributed by atoms with Gasteiger partial charge in [-0.05, 0) is 13.0 Å². The van der Waals surface area contributed by atoms with E-state index in [0.29, 0.717) is 5.56 Å². The van der Waals surface area contributed by atoms with Crippen LogP contribution in [-0.4, -0.2) is 34.1 Å². The average molecular weight is 251 g/mol. The van der Waals surface area contributed by atoms with E-state index in [9.17, 15) is 14.9 Å². The van der Waals surface area contributed by atoms with Crippen molar-refractivity contribution in [2.75, 3.05) is 18.1 Å². The van der Waals surface area contributed by atoms with E-state index >= 15 is 0 Å². The number of amides is 1. The third kappa shape index (κ3) is 2.04. The summed E-state index contributed by atoms with van der Waals surface area (Å²) in [6, 6.07) is 1.53. The molecule has 0 saturated carbocycles. The normalized spacial score (nSPS) is 19.3. The molecule has 1 aromatic heterocycles. The molecule has 7 heteroatoms. The van der Waals surface area contributed by atoms with Crippen LogP contribution in [0.15, 0.2) is 12.3 Å². The Bertz CT molecular complexity index is 503. The Balaban J connectivity index is 2.43. The highest BCUT2D eigenvalue weighted by atomic mass is 16.6. The highest BCUT2D eigenvalue weighted by molar-refractivity contribution is 5.96. The number of nitrogens with zero attached hydrogens (tertiary/aromatic N) is 3.